The molecule has 0 saturated carbocycles. The highest BCUT2D eigenvalue weighted by atomic mass is 32.1. The van der Waals surface area contributed by atoms with E-state index in [4.69, 9.17) is 0 Å². The first kappa shape index (κ1) is 17.9. The van der Waals surface area contributed by atoms with Crippen molar-refractivity contribution in [2.75, 3.05) is 0 Å². The number of aryl methyl sites for hydroxylation is 1. The number of aromatic nitrogens is 1. The van der Waals surface area contributed by atoms with Gasteiger partial charge in [0.05, 0.1) is 17.1 Å². The SMILES string of the molecule is C=Nc1ccc(N=Nc2nc(-c3ccc(-c4ccccc4)cc3)cs2)c(C)c1. The van der Waals surface area contributed by atoms with Crippen LogP contribution in [0.25, 0.3) is 22.4 Å². The average Bonchev–Trinajstić information content (AvgIpc) is 3.22. The van der Waals surface area contributed by atoms with E-state index in [9.17, 15) is 0 Å². The number of benzene rings is 3. The number of azo groups is 1. The number of aliphatic imine (C=N–C) groups is 1. The van der Waals surface area contributed by atoms with Crippen LogP contribution >= 0.6 is 11.3 Å². The molecule has 28 heavy (non-hydrogen) atoms. The average molecular weight is 382 g/mol. The van der Waals surface area contributed by atoms with Crippen molar-refractivity contribution < 1.29 is 0 Å². The predicted molar refractivity (Wildman–Crippen MR) is 118 cm³/mol. The summed E-state index contributed by atoms with van der Waals surface area (Å²) in [6.45, 7) is 5.51. The molecular weight excluding hydrogens is 364 g/mol. The van der Waals surface area contributed by atoms with Crippen molar-refractivity contribution in [2.45, 2.75) is 6.92 Å². The predicted octanol–water partition coefficient (Wildman–Crippen LogP) is 7.53. The summed E-state index contributed by atoms with van der Waals surface area (Å²) in [7, 11) is 0. The Morgan fingerprint density at radius 2 is 1.54 bits per heavy atom. The van der Waals surface area contributed by atoms with Crippen molar-refractivity contribution >= 4 is 34.6 Å². The molecule has 4 rings (SSSR count). The van der Waals surface area contributed by atoms with E-state index in [1.54, 1.807) is 0 Å². The summed E-state index contributed by atoms with van der Waals surface area (Å²) in [4.78, 5) is 8.51. The van der Waals surface area contributed by atoms with Gasteiger partial charge >= 0.3 is 0 Å². The lowest BCUT2D eigenvalue weighted by molar-refractivity contribution is 1.18. The fraction of sp³-hybridized carbons (Fsp3) is 0.0435. The first-order chi connectivity index (χ1) is 13.7. The van der Waals surface area contributed by atoms with Gasteiger partial charge in [-0.15, -0.1) is 21.6 Å². The Kier molecular flexibility index (Phi) is 5.17. The van der Waals surface area contributed by atoms with Crippen LogP contribution < -0.4 is 0 Å². The number of thiazole rings is 1. The molecule has 0 aliphatic rings. The molecule has 0 spiro atoms. The largest absolute Gasteiger partial charge is 0.265 e. The molecule has 0 amide bonds. The number of nitrogens with zero attached hydrogens (tertiary/aromatic N) is 4. The zero-order valence-electron chi connectivity index (χ0n) is 15.4. The number of hydrogen-bond acceptors (Lipinski definition) is 5. The van der Waals surface area contributed by atoms with Crippen molar-refractivity contribution in [3.8, 4) is 22.4 Å². The minimum Gasteiger partial charge on any atom is -0.265 e. The molecule has 0 radical (unpaired) electrons. The highest BCUT2D eigenvalue weighted by Gasteiger charge is 2.05. The van der Waals surface area contributed by atoms with E-state index in [0.717, 1.165) is 28.2 Å². The lowest BCUT2D eigenvalue weighted by atomic mass is 10.0. The second kappa shape index (κ2) is 8.06. The molecule has 1 heterocycles. The van der Waals surface area contributed by atoms with Crippen molar-refractivity contribution in [3.63, 3.8) is 0 Å². The van der Waals surface area contributed by atoms with Gasteiger partial charge in [0.15, 0.2) is 0 Å². The van der Waals surface area contributed by atoms with Gasteiger partial charge in [0, 0.05) is 10.9 Å². The summed E-state index contributed by atoms with van der Waals surface area (Å²) in [6.07, 6.45) is 0. The molecule has 0 atom stereocenters. The first-order valence-corrected chi connectivity index (χ1v) is 9.71. The first-order valence-electron chi connectivity index (χ1n) is 8.83. The second-order valence-electron chi connectivity index (χ2n) is 6.29. The zero-order valence-corrected chi connectivity index (χ0v) is 16.2. The van der Waals surface area contributed by atoms with Crippen LogP contribution in [0.1, 0.15) is 5.56 Å². The molecule has 0 N–H and O–H groups in total. The Balaban J connectivity index is 1.52. The quantitative estimate of drug-likeness (QED) is 0.260. The molecule has 4 nitrogen and oxygen atoms in total. The van der Waals surface area contributed by atoms with Crippen molar-refractivity contribution in [3.05, 3.63) is 83.7 Å². The van der Waals surface area contributed by atoms with Gasteiger partial charge in [0.1, 0.15) is 0 Å². The number of rotatable bonds is 5. The lowest BCUT2D eigenvalue weighted by Gasteiger charge is -2.02. The molecule has 3 aromatic carbocycles. The molecular formula is C23H18N4S. The summed E-state index contributed by atoms with van der Waals surface area (Å²) in [6, 6.07) is 24.4. The Hall–Kier alpha value is -3.44. The summed E-state index contributed by atoms with van der Waals surface area (Å²) in [5.74, 6) is 0. The lowest BCUT2D eigenvalue weighted by Crippen LogP contribution is -1.80. The smallest absolute Gasteiger partial charge is 0.230 e. The minimum atomic E-state index is 0.632. The molecule has 5 heteroatoms. The molecule has 4 aromatic rings. The standard InChI is InChI=1S/C23H18N4S/c1-16-14-20(24-2)12-13-21(16)26-27-23-25-22(15-28-23)19-10-8-18(9-11-19)17-6-4-3-5-7-17/h3-15H,2H2,1H3. The fourth-order valence-electron chi connectivity index (χ4n) is 2.85. The molecule has 0 aliphatic heterocycles. The van der Waals surface area contributed by atoms with E-state index in [1.165, 1.54) is 22.5 Å². The van der Waals surface area contributed by atoms with Crippen LogP contribution in [-0.2, 0) is 0 Å². The van der Waals surface area contributed by atoms with Gasteiger partial charge in [-0.25, -0.2) is 4.98 Å². The Morgan fingerprint density at radius 3 is 2.25 bits per heavy atom. The van der Waals surface area contributed by atoms with Gasteiger partial charge in [0.25, 0.3) is 0 Å². The van der Waals surface area contributed by atoms with Gasteiger partial charge in [-0.05, 0) is 48.5 Å². The van der Waals surface area contributed by atoms with E-state index < -0.39 is 0 Å². The molecule has 0 bridgehead atoms. The van der Waals surface area contributed by atoms with Crippen molar-refractivity contribution in [1.29, 1.82) is 0 Å². The van der Waals surface area contributed by atoms with Crippen LogP contribution in [0.4, 0.5) is 16.5 Å². The highest BCUT2D eigenvalue weighted by Crippen LogP contribution is 2.31. The van der Waals surface area contributed by atoms with Crippen LogP contribution in [0.3, 0.4) is 0 Å². The summed E-state index contributed by atoms with van der Waals surface area (Å²) in [5.41, 5.74) is 6.99. The highest BCUT2D eigenvalue weighted by molar-refractivity contribution is 7.13. The maximum absolute atomic E-state index is 4.59. The van der Waals surface area contributed by atoms with Gasteiger partial charge in [0.2, 0.25) is 5.13 Å². The van der Waals surface area contributed by atoms with Crippen molar-refractivity contribution in [2.24, 2.45) is 15.2 Å². The maximum Gasteiger partial charge on any atom is 0.230 e. The zero-order chi connectivity index (χ0) is 19.3. The topological polar surface area (TPSA) is 50.0 Å². The Morgan fingerprint density at radius 1 is 0.821 bits per heavy atom. The van der Waals surface area contributed by atoms with E-state index >= 15 is 0 Å². The van der Waals surface area contributed by atoms with E-state index in [-0.39, 0.29) is 0 Å². The summed E-state index contributed by atoms with van der Waals surface area (Å²) in [5, 5.41) is 11.2. The van der Waals surface area contributed by atoms with E-state index in [1.807, 2.05) is 48.7 Å². The second-order valence-corrected chi connectivity index (χ2v) is 7.12. The van der Waals surface area contributed by atoms with E-state index in [0.29, 0.717) is 5.13 Å². The van der Waals surface area contributed by atoms with Gasteiger partial charge in [-0.2, -0.15) is 0 Å². The number of hydrogen-bond donors (Lipinski definition) is 0. The molecule has 0 unspecified atom stereocenters. The Labute approximate surface area is 168 Å². The third-order valence-corrected chi connectivity index (χ3v) is 5.11. The van der Waals surface area contributed by atoms with Crippen LogP contribution in [0, 0.1) is 6.92 Å². The molecule has 0 aliphatic carbocycles. The fourth-order valence-corrected chi connectivity index (χ4v) is 3.50. The summed E-state index contributed by atoms with van der Waals surface area (Å²) >= 11 is 1.48. The van der Waals surface area contributed by atoms with Gasteiger partial charge < -0.3 is 0 Å². The molecule has 0 saturated heterocycles. The van der Waals surface area contributed by atoms with Crippen LogP contribution in [-0.4, -0.2) is 11.7 Å². The van der Waals surface area contributed by atoms with Crippen LogP contribution in [0.5, 0.6) is 0 Å². The van der Waals surface area contributed by atoms with E-state index in [2.05, 4.69) is 63.3 Å². The normalized spacial score (nSPS) is 11.0. The van der Waals surface area contributed by atoms with Crippen LogP contribution in [0.15, 0.2) is 93.4 Å². The monoisotopic (exact) mass is 382 g/mol. The van der Waals surface area contributed by atoms with Gasteiger partial charge in [-0.3, -0.25) is 4.99 Å². The molecule has 1 aromatic heterocycles. The third-order valence-electron chi connectivity index (χ3n) is 4.39. The third kappa shape index (κ3) is 3.94. The summed E-state index contributed by atoms with van der Waals surface area (Å²) < 4.78 is 0. The minimum absolute atomic E-state index is 0.632. The maximum atomic E-state index is 4.59. The molecule has 136 valence electrons. The molecule has 0 fully saturated rings. The Bertz CT molecular complexity index is 1130. The van der Waals surface area contributed by atoms with Crippen molar-refractivity contribution in [1.82, 2.24) is 4.98 Å². The van der Waals surface area contributed by atoms with Gasteiger partial charge in [-0.1, -0.05) is 54.6 Å². The van der Waals surface area contributed by atoms with Crippen LogP contribution in [0.2, 0.25) is 0 Å².